The number of hydrogen-bond donors (Lipinski definition) is 1. The standard InChI is InChI=1S/C15H24N2O2S/c1-3-17(12-7-5-4-6-11(12)10-16)15(18)14-13(19-2)8-9-20-14/h8-9,11-12H,3-7,10,16H2,1-2H3. The summed E-state index contributed by atoms with van der Waals surface area (Å²) in [6, 6.07) is 2.13. The van der Waals surface area contributed by atoms with Crippen molar-refractivity contribution < 1.29 is 9.53 Å². The van der Waals surface area contributed by atoms with Gasteiger partial charge in [0.1, 0.15) is 10.6 Å². The Morgan fingerprint density at radius 2 is 2.25 bits per heavy atom. The third kappa shape index (κ3) is 2.99. The second-order valence-electron chi connectivity index (χ2n) is 5.26. The van der Waals surface area contributed by atoms with Gasteiger partial charge in [-0.2, -0.15) is 0 Å². The quantitative estimate of drug-likeness (QED) is 0.909. The highest BCUT2D eigenvalue weighted by Gasteiger charge is 2.33. The van der Waals surface area contributed by atoms with Crippen molar-refractivity contribution >= 4 is 17.2 Å². The lowest BCUT2D eigenvalue weighted by Gasteiger charge is -2.39. The lowest BCUT2D eigenvalue weighted by Crippen LogP contribution is -2.47. The summed E-state index contributed by atoms with van der Waals surface area (Å²) in [5.41, 5.74) is 5.90. The first kappa shape index (κ1) is 15.3. The summed E-state index contributed by atoms with van der Waals surface area (Å²) < 4.78 is 5.28. The summed E-state index contributed by atoms with van der Waals surface area (Å²) in [6.07, 6.45) is 4.61. The molecular weight excluding hydrogens is 272 g/mol. The average molecular weight is 296 g/mol. The van der Waals surface area contributed by atoms with Crippen LogP contribution in [0.15, 0.2) is 11.4 Å². The molecule has 1 saturated carbocycles. The van der Waals surface area contributed by atoms with E-state index in [0.29, 0.717) is 23.1 Å². The summed E-state index contributed by atoms with van der Waals surface area (Å²) in [5, 5.41) is 1.90. The fraction of sp³-hybridized carbons (Fsp3) is 0.667. The maximum Gasteiger partial charge on any atom is 0.267 e. The molecule has 112 valence electrons. The number of carbonyl (C=O) groups excluding carboxylic acids is 1. The zero-order valence-electron chi connectivity index (χ0n) is 12.3. The molecule has 20 heavy (non-hydrogen) atoms. The second-order valence-corrected chi connectivity index (χ2v) is 6.17. The number of hydrogen-bond acceptors (Lipinski definition) is 4. The minimum atomic E-state index is 0.0877. The van der Waals surface area contributed by atoms with Gasteiger partial charge in [0.25, 0.3) is 5.91 Å². The van der Waals surface area contributed by atoms with E-state index in [1.807, 2.05) is 23.3 Å². The number of methoxy groups -OCH3 is 1. The zero-order valence-corrected chi connectivity index (χ0v) is 13.1. The highest BCUT2D eigenvalue weighted by atomic mass is 32.1. The van der Waals surface area contributed by atoms with E-state index in [-0.39, 0.29) is 11.9 Å². The van der Waals surface area contributed by atoms with Gasteiger partial charge < -0.3 is 15.4 Å². The van der Waals surface area contributed by atoms with Crippen LogP contribution in [0.5, 0.6) is 5.75 Å². The molecule has 4 nitrogen and oxygen atoms in total. The molecule has 0 bridgehead atoms. The SMILES string of the molecule is CCN(C(=O)c1sccc1OC)C1CCCCC1CN. The first-order valence-corrected chi connectivity index (χ1v) is 8.23. The smallest absolute Gasteiger partial charge is 0.267 e. The number of thiophene rings is 1. The van der Waals surface area contributed by atoms with Crippen molar-refractivity contribution in [3.63, 3.8) is 0 Å². The lowest BCUT2D eigenvalue weighted by atomic mass is 9.83. The first-order valence-electron chi connectivity index (χ1n) is 7.35. The van der Waals surface area contributed by atoms with Gasteiger partial charge in [-0.1, -0.05) is 12.8 Å². The largest absolute Gasteiger partial charge is 0.495 e. The van der Waals surface area contributed by atoms with Gasteiger partial charge in [0.05, 0.1) is 7.11 Å². The van der Waals surface area contributed by atoms with Gasteiger partial charge in [0, 0.05) is 12.6 Å². The maximum atomic E-state index is 12.8. The number of nitrogens with zero attached hydrogens (tertiary/aromatic N) is 1. The van der Waals surface area contributed by atoms with Crippen LogP contribution in [0.1, 0.15) is 42.3 Å². The topological polar surface area (TPSA) is 55.6 Å². The molecule has 0 radical (unpaired) electrons. The van der Waals surface area contributed by atoms with Gasteiger partial charge in [0.2, 0.25) is 0 Å². The Balaban J connectivity index is 2.20. The second kappa shape index (κ2) is 7.09. The van der Waals surface area contributed by atoms with Crippen molar-refractivity contribution in [3.8, 4) is 5.75 Å². The lowest BCUT2D eigenvalue weighted by molar-refractivity contribution is 0.0562. The molecule has 0 saturated heterocycles. The monoisotopic (exact) mass is 296 g/mol. The van der Waals surface area contributed by atoms with Crippen molar-refractivity contribution in [2.45, 2.75) is 38.6 Å². The summed E-state index contributed by atoms with van der Waals surface area (Å²) >= 11 is 1.45. The van der Waals surface area contributed by atoms with Crippen LogP contribution in [0.25, 0.3) is 0 Å². The van der Waals surface area contributed by atoms with Crippen LogP contribution in [0.3, 0.4) is 0 Å². The summed E-state index contributed by atoms with van der Waals surface area (Å²) in [7, 11) is 1.61. The molecule has 2 N–H and O–H groups in total. The molecule has 2 atom stereocenters. The molecule has 1 aliphatic carbocycles. The Kier molecular flexibility index (Phi) is 5.43. The molecule has 1 amide bonds. The third-order valence-electron chi connectivity index (χ3n) is 4.22. The number of carbonyl (C=O) groups is 1. The number of ether oxygens (including phenoxy) is 1. The highest BCUT2D eigenvalue weighted by molar-refractivity contribution is 7.12. The normalized spacial score (nSPS) is 22.6. The molecule has 5 heteroatoms. The van der Waals surface area contributed by atoms with E-state index in [4.69, 9.17) is 10.5 Å². The molecular formula is C15H24N2O2S. The summed E-state index contributed by atoms with van der Waals surface area (Å²) in [5.74, 6) is 1.20. The summed E-state index contributed by atoms with van der Waals surface area (Å²) in [4.78, 5) is 15.5. The minimum absolute atomic E-state index is 0.0877. The molecule has 2 rings (SSSR count). The van der Waals surface area contributed by atoms with Crippen LogP contribution in [-0.4, -0.2) is 37.0 Å². The predicted molar refractivity (Wildman–Crippen MR) is 82.4 cm³/mol. The fourth-order valence-electron chi connectivity index (χ4n) is 3.15. The Morgan fingerprint density at radius 1 is 1.50 bits per heavy atom. The van der Waals surface area contributed by atoms with E-state index < -0.39 is 0 Å². The van der Waals surface area contributed by atoms with Crippen LogP contribution < -0.4 is 10.5 Å². The van der Waals surface area contributed by atoms with Gasteiger partial charge >= 0.3 is 0 Å². The number of nitrogens with two attached hydrogens (primary N) is 1. The van der Waals surface area contributed by atoms with Gasteiger partial charge in [-0.3, -0.25) is 4.79 Å². The Labute approximate surface area is 124 Å². The Morgan fingerprint density at radius 3 is 2.90 bits per heavy atom. The fourth-order valence-corrected chi connectivity index (χ4v) is 3.96. The van der Waals surface area contributed by atoms with E-state index in [9.17, 15) is 4.79 Å². The van der Waals surface area contributed by atoms with Crippen molar-refractivity contribution in [2.75, 3.05) is 20.2 Å². The average Bonchev–Trinajstić information content (AvgIpc) is 2.96. The molecule has 1 aromatic heterocycles. The van der Waals surface area contributed by atoms with Gasteiger partial charge in [0.15, 0.2) is 0 Å². The summed E-state index contributed by atoms with van der Waals surface area (Å²) in [6.45, 7) is 3.43. The van der Waals surface area contributed by atoms with Gasteiger partial charge in [-0.25, -0.2) is 0 Å². The van der Waals surface area contributed by atoms with Crippen molar-refractivity contribution in [1.29, 1.82) is 0 Å². The van der Waals surface area contributed by atoms with E-state index in [0.717, 1.165) is 19.4 Å². The Hall–Kier alpha value is -1.07. The van der Waals surface area contributed by atoms with Crippen LogP contribution in [0.2, 0.25) is 0 Å². The third-order valence-corrected chi connectivity index (χ3v) is 5.10. The molecule has 0 aromatic carbocycles. The van der Waals surface area contributed by atoms with Gasteiger partial charge in [-0.05, 0) is 43.7 Å². The van der Waals surface area contributed by atoms with E-state index in [2.05, 4.69) is 0 Å². The molecule has 1 fully saturated rings. The van der Waals surface area contributed by atoms with Gasteiger partial charge in [-0.15, -0.1) is 11.3 Å². The number of amides is 1. The molecule has 1 heterocycles. The van der Waals surface area contributed by atoms with Crippen molar-refractivity contribution in [3.05, 3.63) is 16.3 Å². The minimum Gasteiger partial charge on any atom is -0.495 e. The molecule has 2 unspecified atom stereocenters. The number of rotatable bonds is 5. The maximum absolute atomic E-state index is 12.8. The van der Waals surface area contributed by atoms with E-state index in [1.54, 1.807) is 7.11 Å². The van der Waals surface area contributed by atoms with Crippen LogP contribution in [0.4, 0.5) is 0 Å². The van der Waals surface area contributed by atoms with Crippen molar-refractivity contribution in [2.24, 2.45) is 11.7 Å². The highest BCUT2D eigenvalue weighted by Crippen LogP contribution is 2.32. The van der Waals surface area contributed by atoms with Crippen LogP contribution in [0, 0.1) is 5.92 Å². The zero-order chi connectivity index (χ0) is 14.5. The first-order chi connectivity index (χ1) is 9.72. The van der Waals surface area contributed by atoms with Crippen LogP contribution in [-0.2, 0) is 0 Å². The predicted octanol–water partition coefficient (Wildman–Crippen LogP) is 2.74. The van der Waals surface area contributed by atoms with E-state index >= 15 is 0 Å². The molecule has 0 aliphatic heterocycles. The van der Waals surface area contributed by atoms with Crippen LogP contribution >= 0.6 is 11.3 Å². The van der Waals surface area contributed by atoms with E-state index in [1.165, 1.54) is 24.2 Å². The Bertz CT molecular complexity index is 447. The molecule has 1 aromatic rings. The molecule has 1 aliphatic rings. The van der Waals surface area contributed by atoms with Crippen molar-refractivity contribution in [1.82, 2.24) is 4.90 Å². The molecule has 0 spiro atoms.